The predicted octanol–water partition coefficient (Wildman–Crippen LogP) is 1.63. The molecule has 7 nitrogen and oxygen atoms in total. The summed E-state index contributed by atoms with van der Waals surface area (Å²) in [5.41, 5.74) is 7.90. The van der Waals surface area contributed by atoms with Gasteiger partial charge in [0.25, 0.3) is 0 Å². The van der Waals surface area contributed by atoms with E-state index >= 15 is 0 Å². The fraction of sp³-hybridized carbons (Fsp3) is 0.400. The van der Waals surface area contributed by atoms with Crippen molar-refractivity contribution < 1.29 is 9.53 Å². The van der Waals surface area contributed by atoms with Gasteiger partial charge in [0, 0.05) is 18.8 Å². The molecule has 7 heteroatoms. The van der Waals surface area contributed by atoms with Crippen LogP contribution in [-0.2, 0) is 4.74 Å². The Bertz CT molecular complexity index is 659. The van der Waals surface area contributed by atoms with E-state index in [1.807, 2.05) is 24.3 Å². The van der Waals surface area contributed by atoms with Crippen LogP contribution in [0.25, 0.3) is 5.69 Å². The molecular weight excluding hydrogens is 282 g/mol. The zero-order valence-corrected chi connectivity index (χ0v) is 12.5. The van der Waals surface area contributed by atoms with Crippen molar-refractivity contribution in [1.29, 1.82) is 0 Å². The average molecular weight is 301 g/mol. The van der Waals surface area contributed by atoms with Gasteiger partial charge in [0.15, 0.2) is 5.82 Å². The molecule has 2 N–H and O–H groups in total. The number of piperidine rings is 1. The van der Waals surface area contributed by atoms with Gasteiger partial charge in [-0.25, -0.2) is 4.79 Å². The summed E-state index contributed by atoms with van der Waals surface area (Å²) < 4.78 is 6.06. The van der Waals surface area contributed by atoms with E-state index in [1.54, 1.807) is 0 Å². The van der Waals surface area contributed by atoms with E-state index < -0.39 is 5.97 Å². The number of anilines is 2. The van der Waals surface area contributed by atoms with Gasteiger partial charge in [-0.3, -0.25) is 0 Å². The van der Waals surface area contributed by atoms with Crippen LogP contribution in [-0.4, -0.2) is 41.2 Å². The van der Waals surface area contributed by atoms with Crippen molar-refractivity contribution in [3.05, 3.63) is 30.0 Å². The maximum Gasteiger partial charge on any atom is 0.362 e. The molecule has 1 saturated heterocycles. The number of nitrogens with two attached hydrogens (primary N) is 1. The average Bonchev–Trinajstić information content (AvgIpc) is 2.97. The van der Waals surface area contributed by atoms with Crippen molar-refractivity contribution in [1.82, 2.24) is 15.0 Å². The Morgan fingerprint density at radius 3 is 2.41 bits per heavy atom. The van der Waals surface area contributed by atoms with Crippen LogP contribution < -0.4 is 10.6 Å². The first-order chi connectivity index (χ1) is 10.7. The number of ether oxygens (including phenoxy) is 1. The summed E-state index contributed by atoms with van der Waals surface area (Å²) in [7, 11) is 1.29. The standard InChI is InChI=1S/C15H19N5O2/c1-22-15(21)13-14(16)20(18-17-13)12-7-5-11(6-8-12)19-9-3-2-4-10-19/h5-8H,2-4,9-10,16H2,1H3. The highest BCUT2D eigenvalue weighted by atomic mass is 16.5. The second-order valence-corrected chi connectivity index (χ2v) is 5.29. The molecule has 0 saturated carbocycles. The second kappa shape index (κ2) is 6.05. The molecule has 0 spiro atoms. The van der Waals surface area contributed by atoms with Crippen molar-refractivity contribution in [2.45, 2.75) is 19.3 Å². The summed E-state index contributed by atoms with van der Waals surface area (Å²) in [5.74, 6) is -0.411. The third-order valence-corrected chi connectivity index (χ3v) is 3.90. The van der Waals surface area contributed by atoms with Gasteiger partial charge in [-0.2, -0.15) is 4.68 Å². The first-order valence-corrected chi connectivity index (χ1v) is 7.35. The van der Waals surface area contributed by atoms with E-state index in [4.69, 9.17) is 5.73 Å². The van der Waals surface area contributed by atoms with Crippen LogP contribution in [0.2, 0.25) is 0 Å². The molecule has 0 amide bonds. The molecule has 1 aliphatic heterocycles. The molecule has 1 fully saturated rings. The molecule has 0 radical (unpaired) electrons. The highest BCUT2D eigenvalue weighted by Crippen LogP contribution is 2.22. The third-order valence-electron chi connectivity index (χ3n) is 3.90. The Hall–Kier alpha value is -2.57. The molecule has 2 aromatic rings. The lowest BCUT2D eigenvalue weighted by Gasteiger charge is -2.28. The van der Waals surface area contributed by atoms with E-state index in [-0.39, 0.29) is 11.5 Å². The Labute approximate surface area is 128 Å². The fourth-order valence-corrected chi connectivity index (χ4v) is 2.68. The number of hydrogen-bond acceptors (Lipinski definition) is 6. The number of hydrogen-bond donors (Lipinski definition) is 1. The first kappa shape index (κ1) is 14.4. The van der Waals surface area contributed by atoms with Gasteiger partial charge in [-0.15, -0.1) is 5.10 Å². The Kier molecular flexibility index (Phi) is 3.95. The van der Waals surface area contributed by atoms with E-state index in [2.05, 4.69) is 19.9 Å². The number of aromatic nitrogens is 3. The van der Waals surface area contributed by atoms with Gasteiger partial charge in [-0.1, -0.05) is 5.21 Å². The molecule has 0 unspecified atom stereocenters. The number of esters is 1. The molecule has 0 bridgehead atoms. The maximum atomic E-state index is 11.5. The number of nitrogens with zero attached hydrogens (tertiary/aromatic N) is 4. The fourth-order valence-electron chi connectivity index (χ4n) is 2.68. The van der Waals surface area contributed by atoms with Crippen molar-refractivity contribution in [2.75, 3.05) is 30.8 Å². The van der Waals surface area contributed by atoms with Gasteiger partial charge in [0.05, 0.1) is 12.8 Å². The number of carbonyl (C=O) groups excluding carboxylic acids is 1. The number of methoxy groups -OCH3 is 1. The minimum Gasteiger partial charge on any atom is -0.464 e. The highest BCUT2D eigenvalue weighted by molar-refractivity contribution is 5.92. The zero-order chi connectivity index (χ0) is 15.5. The van der Waals surface area contributed by atoms with E-state index in [1.165, 1.54) is 36.7 Å². The number of nitrogen functional groups attached to an aromatic ring is 1. The quantitative estimate of drug-likeness (QED) is 0.867. The van der Waals surface area contributed by atoms with Crippen LogP contribution in [0.4, 0.5) is 11.5 Å². The molecular formula is C15H19N5O2. The van der Waals surface area contributed by atoms with Crippen molar-refractivity contribution in [2.24, 2.45) is 0 Å². The van der Waals surface area contributed by atoms with Crippen molar-refractivity contribution in [3.8, 4) is 5.69 Å². The number of rotatable bonds is 3. The third kappa shape index (κ3) is 2.61. The van der Waals surface area contributed by atoms with E-state index in [9.17, 15) is 4.79 Å². The monoisotopic (exact) mass is 301 g/mol. The van der Waals surface area contributed by atoms with Gasteiger partial charge in [0.2, 0.25) is 5.69 Å². The van der Waals surface area contributed by atoms with Crippen molar-refractivity contribution >= 4 is 17.5 Å². The topological polar surface area (TPSA) is 86.3 Å². The van der Waals surface area contributed by atoms with Gasteiger partial charge < -0.3 is 15.4 Å². The molecule has 1 aromatic carbocycles. The predicted molar refractivity (Wildman–Crippen MR) is 83.2 cm³/mol. The van der Waals surface area contributed by atoms with Crippen LogP contribution in [0, 0.1) is 0 Å². The Morgan fingerprint density at radius 2 is 1.77 bits per heavy atom. The minimum absolute atomic E-state index is 0.0302. The molecule has 3 rings (SSSR count). The number of carbonyl (C=O) groups is 1. The van der Waals surface area contributed by atoms with Gasteiger partial charge in [-0.05, 0) is 43.5 Å². The smallest absolute Gasteiger partial charge is 0.362 e. The summed E-state index contributed by atoms with van der Waals surface area (Å²) in [4.78, 5) is 13.9. The van der Waals surface area contributed by atoms with Gasteiger partial charge >= 0.3 is 5.97 Å². The Balaban J connectivity index is 1.84. The molecule has 0 aliphatic carbocycles. The normalized spacial score (nSPS) is 14.9. The molecule has 2 heterocycles. The molecule has 0 atom stereocenters. The SMILES string of the molecule is COC(=O)c1nnn(-c2ccc(N3CCCCC3)cc2)c1N. The van der Waals surface area contributed by atoms with E-state index in [0.29, 0.717) is 0 Å². The minimum atomic E-state index is -0.589. The lowest BCUT2D eigenvalue weighted by atomic mass is 10.1. The number of benzene rings is 1. The van der Waals surface area contributed by atoms with Crippen LogP contribution in [0.5, 0.6) is 0 Å². The largest absolute Gasteiger partial charge is 0.464 e. The zero-order valence-electron chi connectivity index (χ0n) is 12.5. The van der Waals surface area contributed by atoms with Crippen LogP contribution >= 0.6 is 0 Å². The summed E-state index contributed by atoms with van der Waals surface area (Å²) in [6, 6.07) is 7.94. The van der Waals surface area contributed by atoms with Crippen LogP contribution in [0.1, 0.15) is 29.8 Å². The summed E-state index contributed by atoms with van der Waals surface area (Å²) in [6.45, 7) is 2.19. The summed E-state index contributed by atoms with van der Waals surface area (Å²) >= 11 is 0. The highest BCUT2D eigenvalue weighted by Gasteiger charge is 2.19. The Morgan fingerprint density at radius 1 is 1.14 bits per heavy atom. The van der Waals surface area contributed by atoms with E-state index in [0.717, 1.165) is 18.8 Å². The van der Waals surface area contributed by atoms with Crippen LogP contribution in [0.15, 0.2) is 24.3 Å². The lowest BCUT2D eigenvalue weighted by molar-refractivity contribution is 0.0595. The first-order valence-electron chi connectivity index (χ1n) is 7.35. The van der Waals surface area contributed by atoms with Crippen LogP contribution in [0.3, 0.4) is 0 Å². The lowest BCUT2D eigenvalue weighted by Crippen LogP contribution is -2.29. The van der Waals surface area contributed by atoms with Crippen molar-refractivity contribution in [3.63, 3.8) is 0 Å². The van der Waals surface area contributed by atoms with Gasteiger partial charge in [0.1, 0.15) is 0 Å². The molecule has 22 heavy (non-hydrogen) atoms. The molecule has 116 valence electrons. The second-order valence-electron chi connectivity index (χ2n) is 5.29. The summed E-state index contributed by atoms with van der Waals surface area (Å²) in [5, 5.41) is 7.70. The summed E-state index contributed by atoms with van der Waals surface area (Å²) in [6.07, 6.45) is 3.78. The maximum absolute atomic E-state index is 11.5. The molecule has 1 aliphatic rings. The molecule has 1 aromatic heterocycles.